The van der Waals surface area contributed by atoms with Crippen LogP contribution in [-0.2, 0) is 0 Å². The van der Waals surface area contributed by atoms with Crippen molar-refractivity contribution in [2.75, 3.05) is 7.11 Å². The highest BCUT2D eigenvalue weighted by Crippen LogP contribution is 2.43. The van der Waals surface area contributed by atoms with Gasteiger partial charge in [-0.1, -0.05) is 39.1 Å². The first-order valence-electron chi connectivity index (χ1n) is 5.56. The van der Waals surface area contributed by atoms with E-state index in [2.05, 4.69) is 31.9 Å². The smallest absolute Gasteiger partial charge is 0.137 e. The molecule has 0 fully saturated rings. The van der Waals surface area contributed by atoms with E-state index in [-0.39, 0.29) is 5.82 Å². The van der Waals surface area contributed by atoms with E-state index in [1.54, 1.807) is 25.3 Å². The summed E-state index contributed by atoms with van der Waals surface area (Å²) >= 11 is 18.8. The monoisotopic (exact) mass is 440 g/mol. The second-order valence-electron chi connectivity index (χ2n) is 4.04. The minimum atomic E-state index is -0.425. The number of hydrogen-bond donors (Lipinski definition) is 0. The van der Waals surface area contributed by atoms with Crippen molar-refractivity contribution in [3.8, 4) is 5.75 Å². The Morgan fingerprint density at radius 1 is 1.10 bits per heavy atom. The van der Waals surface area contributed by atoms with Crippen molar-refractivity contribution < 1.29 is 9.13 Å². The van der Waals surface area contributed by atoms with Gasteiger partial charge in [0, 0.05) is 21.2 Å². The van der Waals surface area contributed by atoms with Gasteiger partial charge < -0.3 is 4.74 Å². The maximum atomic E-state index is 14.0. The number of methoxy groups -OCH3 is 1. The summed E-state index contributed by atoms with van der Waals surface area (Å²) in [6.45, 7) is 0. The number of hydrogen-bond acceptors (Lipinski definition) is 1. The Labute approximate surface area is 143 Å². The highest BCUT2D eigenvalue weighted by molar-refractivity contribution is 9.10. The summed E-state index contributed by atoms with van der Waals surface area (Å²) in [7, 11) is 1.55. The maximum Gasteiger partial charge on any atom is 0.137 e. The first kappa shape index (κ1) is 16.1. The van der Waals surface area contributed by atoms with E-state index in [4.69, 9.17) is 27.9 Å². The van der Waals surface area contributed by atoms with Crippen LogP contribution in [0.1, 0.15) is 16.0 Å². The third-order valence-electron chi connectivity index (χ3n) is 2.75. The molecular formula is C14H9Br2Cl2FO. The molecule has 6 heteroatoms. The molecule has 1 unspecified atom stereocenters. The molecule has 2 aromatic carbocycles. The zero-order chi connectivity index (χ0) is 14.9. The van der Waals surface area contributed by atoms with Crippen LogP contribution in [0.3, 0.4) is 0 Å². The fraction of sp³-hybridized carbons (Fsp3) is 0.143. The molecule has 2 aromatic rings. The van der Waals surface area contributed by atoms with E-state index >= 15 is 0 Å². The van der Waals surface area contributed by atoms with Crippen molar-refractivity contribution in [2.45, 2.75) is 4.83 Å². The lowest BCUT2D eigenvalue weighted by Crippen LogP contribution is -2.00. The summed E-state index contributed by atoms with van der Waals surface area (Å²) in [5.41, 5.74) is 1.14. The number of benzene rings is 2. The number of halogens is 5. The topological polar surface area (TPSA) is 9.23 Å². The normalized spacial score (nSPS) is 12.3. The Balaban J connectivity index is 2.58. The molecule has 0 radical (unpaired) electrons. The summed E-state index contributed by atoms with van der Waals surface area (Å²) in [6, 6.07) is 7.86. The van der Waals surface area contributed by atoms with E-state index < -0.39 is 4.83 Å². The van der Waals surface area contributed by atoms with Crippen molar-refractivity contribution >= 4 is 55.1 Å². The maximum absolute atomic E-state index is 14.0. The van der Waals surface area contributed by atoms with Gasteiger partial charge in [0.15, 0.2) is 0 Å². The SMILES string of the molecule is COc1c(Br)cc(Cl)cc1C(Br)c1cc(Cl)ccc1F. The van der Waals surface area contributed by atoms with Gasteiger partial charge in [0.05, 0.1) is 16.4 Å². The summed E-state index contributed by atoms with van der Waals surface area (Å²) in [5.74, 6) is 0.241. The van der Waals surface area contributed by atoms with Gasteiger partial charge in [0.25, 0.3) is 0 Å². The van der Waals surface area contributed by atoms with Crippen LogP contribution in [0.5, 0.6) is 5.75 Å². The summed E-state index contributed by atoms with van der Waals surface area (Å²) in [6.07, 6.45) is 0. The van der Waals surface area contributed by atoms with Gasteiger partial charge in [0.1, 0.15) is 11.6 Å². The van der Waals surface area contributed by atoms with E-state index in [1.807, 2.05) is 0 Å². The zero-order valence-electron chi connectivity index (χ0n) is 10.3. The second-order valence-corrected chi connectivity index (χ2v) is 6.68. The van der Waals surface area contributed by atoms with E-state index in [0.717, 1.165) is 0 Å². The van der Waals surface area contributed by atoms with Crippen LogP contribution < -0.4 is 4.74 Å². The van der Waals surface area contributed by atoms with Gasteiger partial charge in [-0.15, -0.1) is 0 Å². The summed E-state index contributed by atoms with van der Waals surface area (Å²) < 4.78 is 20.0. The predicted octanol–water partition coefficient (Wildman–Crippen LogP) is 6.39. The summed E-state index contributed by atoms with van der Waals surface area (Å²) in [4.78, 5) is -0.425. The van der Waals surface area contributed by atoms with Crippen molar-refractivity contribution in [3.05, 3.63) is 61.8 Å². The molecule has 0 aromatic heterocycles. The van der Waals surface area contributed by atoms with E-state index in [0.29, 0.717) is 31.4 Å². The van der Waals surface area contributed by atoms with Gasteiger partial charge in [-0.05, 0) is 46.3 Å². The number of rotatable bonds is 3. The number of alkyl halides is 1. The van der Waals surface area contributed by atoms with Crippen LogP contribution >= 0.6 is 55.1 Å². The molecule has 20 heavy (non-hydrogen) atoms. The third-order valence-corrected chi connectivity index (χ3v) is 4.77. The van der Waals surface area contributed by atoms with Crippen LogP contribution in [0.25, 0.3) is 0 Å². The van der Waals surface area contributed by atoms with Crippen molar-refractivity contribution in [1.82, 2.24) is 0 Å². The molecule has 0 saturated heterocycles. The highest BCUT2D eigenvalue weighted by atomic mass is 79.9. The Hall–Kier alpha value is -0.290. The highest BCUT2D eigenvalue weighted by Gasteiger charge is 2.21. The van der Waals surface area contributed by atoms with Crippen LogP contribution in [0.15, 0.2) is 34.8 Å². The Bertz CT molecular complexity index is 649. The Morgan fingerprint density at radius 3 is 2.40 bits per heavy atom. The molecule has 0 heterocycles. The molecule has 2 rings (SSSR count). The first-order valence-corrected chi connectivity index (χ1v) is 8.02. The molecular weight excluding hydrogens is 434 g/mol. The molecule has 0 amide bonds. The minimum Gasteiger partial charge on any atom is -0.495 e. The lowest BCUT2D eigenvalue weighted by Gasteiger charge is -2.17. The standard InChI is InChI=1S/C14H9Br2Cl2FO/c1-20-14-10(5-8(18)6-11(14)15)13(16)9-4-7(17)2-3-12(9)19/h2-6,13H,1H3. The quantitative estimate of drug-likeness (QED) is 0.500. The third kappa shape index (κ3) is 3.30. The number of ether oxygens (including phenoxy) is 1. The van der Waals surface area contributed by atoms with Crippen LogP contribution in [0.2, 0.25) is 10.0 Å². The van der Waals surface area contributed by atoms with Crippen molar-refractivity contribution in [3.63, 3.8) is 0 Å². The molecule has 0 aliphatic carbocycles. The van der Waals surface area contributed by atoms with Crippen molar-refractivity contribution in [2.24, 2.45) is 0 Å². The van der Waals surface area contributed by atoms with Crippen LogP contribution in [0, 0.1) is 5.82 Å². The Kier molecular flexibility index (Phi) is 5.35. The van der Waals surface area contributed by atoms with Gasteiger partial charge in [0.2, 0.25) is 0 Å². The largest absolute Gasteiger partial charge is 0.495 e. The molecule has 1 atom stereocenters. The fourth-order valence-electron chi connectivity index (χ4n) is 1.86. The second kappa shape index (κ2) is 6.65. The predicted molar refractivity (Wildman–Crippen MR) is 87.9 cm³/mol. The molecule has 0 saturated carbocycles. The molecule has 106 valence electrons. The molecule has 0 spiro atoms. The fourth-order valence-corrected chi connectivity index (χ4v) is 3.73. The molecule has 0 bridgehead atoms. The average molecular weight is 443 g/mol. The molecule has 0 aliphatic rings. The van der Waals surface area contributed by atoms with Gasteiger partial charge in [-0.25, -0.2) is 4.39 Å². The lowest BCUT2D eigenvalue weighted by atomic mass is 10.0. The van der Waals surface area contributed by atoms with E-state index in [9.17, 15) is 4.39 Å². The van der Waals surface area contributed by atoms with Crippen LogP contribution in [0.4, 0.5) is 4.39 Å². The molecule has 1 nitrogen and oxygen atoms in total. The van der Waals surface area contributed by atoms with Crippen LogP contribution in [-0.4, -0.2) is 7.11 Å². The van der Waals surface area contributed by atoms with Gasteiger partial charge >= 0.3 is 0 Å². The zero-order valence-corrected chi connectivity index (χ0v) is 14.9. The molecule has 0 N–H and O–H groups in total. The Morgan fingerprint density at radius 2 is 1.75 bits per heavy atom. The minimum absolute atomic E-state index is 0.352. The van der Waals surface area contributed by atoms with Gasteiger partial charge in [-0.2, -0.15) is 0 Å². The van der Waals surface area contributed by atoms with E-state index in [1.165, 1.54) is 12.1 Å². The molecule has 0 aliphatic heterocycles. The van der Waals surface area contributed by atoms with Gasteiger partial charge in [-0.3, -0.25) is 0 Å². The first-order chi connectivity index (χ1) is 9.43. The summed E-state index contributed by atoms with van der Waals surface area (Å²) in [5, 5.41) is 0.991. The lowest BCUT2D eigenvalue weighted by molar-refractivity contribution is 0.407. The average Bonchev–Trinajstić information content (AvgIpc) is 2.40. The van der Waals surface area contributed by atoms with Crippen molar-refractivity contribution in [1.29, 1.82) is 0 Å².